The van der Waals surface area contributed by atoms with Crippen molar-refractivity contribution in [2.45, 2.75) is 37.9 Å². The highest BCUT2D eigenvalue weighted by Gasteiger charge is 2.48. The normalized spacial score (nSPS) is 21.9. The molecule has 0 fully saturated rings. The summed E-state index contributed by atoms with van der Waals surface area (Å²) in [6.07, 6.45) is -2.48. The number of halogens is 3. The smallest absolute Gasteiger partial charge is 0.274 e. The van der Waals surface area contributed by atoms with Crippen LogP contribution in [0.25, 0.3) is 0 Å². The Labute approximate surface area is 113 Å². The van der Waals surface area contributed by atoms with E-state index < -0.39 is 30.5 Å². The number of alkyl halides is 3. The Morgan fingerprint density at radius 2 is 2.25 bits per heavy atom. The molecule has 0 saturated carbocycles. The standard InChI is InChI=1S/C11H15F3N4O2/c1-4-11(13,14)7-5-6(12)9-15-8(16-18(7)9)10(19)17(2)20-3/h6-7H,4-5H2,1-3H3. The molecule has 2 heterocycles. The Hall–Kier alpha value is -1.64. The van der Waals surface area contributed by atoms with Crippen LogP contribution in [0.2, 0.25) is 0 Å². The van der Waals surface area contributed by atoms with Gasteiger partial charge in [0.1, 0.15) is 6.04 Å². The molecule has 1 aliphatic rings. The van der Waals surface area contributed by atoms with E-state index in [1.165, 1.54) is 21.1 Å². The summed E-state index contributed by atoms with van der Waals surface area (Å²) in [6.45, 7) is 1.31. The van der Waals surface area contributed by atoms with E-state index >= 15 is 0 Å². The molecule has 2 unspecified atom stereocenters. The molecule has 0 aromatic carbocycles. The van der Waals surface area contributed by atoms with Crippen LogP contribution in [-0.2, 0) is 4.84 Å². The number of aromatic nitrogens is 3. The molecule has 0 saturated heterocycles. The first-order valence-electron chi connectivity index (χ1n) is 6.12. The fourth-order valence-corrected chi connectivity index (χ4v) is 2.08. The van der Waals surface area contributed by atoms with E-state index in [4.69, 9.17) is 0 Å². The Balaban J connectivity index is 2.36. The molecule has 1 aliphatic heterocycles. The van der Waals surface area contributed by atoms with Crippen molar-refractivity contribution in [3.05, 3.63) is 11.6 Å². The van der Waals surface area contributed by atoms with E-state index in [1.54, 1.807) is 0 Å². The van der Waals surface area contributed by atoms with E-state index in [0.717, 1.165) is 9.75 Å². The van der Waals surface area contributed by atoms with Gasteiger partial charge in [-0.25, -0.2) is 27.9 Å². The average molecular weight is 292 g/mol. The lowest BCUT2D eigenvalue weighted by Crippen LogP contribution is -2.30. The minimum atomic E-state index is -3.10. The van der Waals surface area contributed by atoms with Crippen molar-refractivity contribution in [1.82, 2.24) is 19.8 Å². The van der Waals surface area contributed by atoms with E-state index in [0.29, 0.717) is 0 Å². The summed E-state index contributed by atoms with van der Waals surface area (Å²) in [5.41, 5.74) is 0. The second-order valence-electron chi connectivity index (χ2n) is 4.56. The summed E-state index contributed by atoms with van der Waals surface area (Å²) in [7, 11) is 2.58. The summed E-state index contributed by atoms with van der Waals surface area (Å²) in [5, 5.41) is 4.56. The fourth-order valence-electron chi connectivity index (χ4n) is 2.08. The van der Waals surface area contributed by atoms with Crippen molar-refractivity contribution in [2.24, 2.45) is 0 Å². The van der Waals surface area contributed by atoms with Gasteiger partial charge >= 0.3 is 5.91 Å². The van der Waals surface area contributed by atoms with Gasteiger partial charge in [-0.05, 0) is 0 Å². The number of nitrogens with zero attached hydrogens (tertiary/aromatic N) is 4. The number of hydrogen-bond donors (Lipinski definition) is 0. The molecule has 9 heteroatoms. The molecule has 0 N–H and O–H groups in total. The zero-order valence-electron chi connectivity index (χ0n) is 11.3. The van der Waals surface area contributed by atoms with Crippen LogP contribution >= 0.6 is 0 Å². The van der Waals surface area contributed by atoms with Gasteiger partial charge in [-0.2, -0.15) is 0 Å². The second-order valence-corrected chi connectivity index (χ2v) is 4.56. The minimum Gasteiger partial charge on any atom is -0.274 e. The highest BCUT2D eigenvalue weighted by molar-refractivity contribution is 5.89. The maximum atomic E-state index is 13.8. The Morgan fingerprint density at radius 3 is 2.80 bits per heavy atom. The van der Waals surface area contributed by atoms with Crippen LogP contribution in [0.15, 0.2) is 0 Å². The monoisotopic (exact) mass is 292 g/mol. The number of hydroxylamine groups is 2. The number of fused-ring (bicyclic) bond motifs is 1. The number of carbonyl (C=O) groups is 1. The van der Waals surface area contributed by atoms with E-state index in [1.807, 2.05) is 0 Å². The molecule has 0 radical (unpaired) electrons. The number of rotatable bonds is 4. The van der Waals surface area contributed by atoms with Crippen molar-refractivity contribution >= 4 is 5.91 Å². The number of carbonyl (C=O) groups excluding carboxylic acids is 1. The van der Waals surface area contributed by atoms with Gasteiger partial charge in [0.15, 0.2) is 12.0 Å². The van der Waals surface area contributed by atoms with Gasteiger partial charge in [0, 0.05) is 19.9 Å². The second kappa shape index (κ2) is 5.04. The third-order valence-corrected chi connectivity index (χ3v) is 3.37. The first-order chi connectivity index (χ1) is 9.31. The van der Waals surface area contributed by atoms with Gasteiger partial charge in [-0.1, -0.05) is 6.92 Å². The molecule has 1 aromatic heterocycles. The van der Waals surface area contributed by atoms with Crippen LogP contribution in [-0.4, -0.2) is 45.8 Å². The third kappa shape index (κ3) is 2.26. The molecular formula is C11H15F3N4O2. The van der Waals surface area contributed by atoms with Crippen molar-refractivity contribution in [3.8, 4) is 0 Å². The van der Waals surface area contributed by atoms with Gasteiger partial charge in [0.05, 0.1) is 7.11 Å². The molecular weight excluding hydrogens is 277 g/mol. The molecule has 0 aliphatic carbocycles. The first-order valence-corrected chi connectivity index (χ1v) is 6.12. The molecule has 2 atom stereocenters. The van der Waals surface area contributed by atoms with Crippen LogP contribution < -0.4 is 0 Å². The predicted molar refractivity (Wildman–Crippen MR) is 61.9 cm³/mol. The molecule has 0 bridgehead atoms. The maximum Gasteiger partial charge on any atom is 0.316 e. The summed E-state index contributed by atoms with van der Waals surface area (Å²) in [4.78, 5) is 20.1. The molecule has 112 valence electrons. The fraction of sp³-hybridized carbons (Fsp3) is 0.727. The van der Waals surface area contributed by atoms with Crippen LogP contribution in [0.1, 0.15) is 48.4 Å². The van der Waals surface area contributed by atoms with Gasteiger partial charge in [0.2, 0.25) is 5.82 Å². The lowest BCUT2D eigenvalue weighted by Gasteiger charge is -2.22. The van der Waals surface area contributed by atoms with Gasteiger partial charge in [-0.15, -0.1) is 5.10 Å². The zero-order valence-corrected chi connectivity index (χ0v) is 11.3. The van der Waals surface area contributed by atoms with Crippen LogP contribution in [0.5, 0.6) is 0 Å². The lowest BCUT2D eigenvalue weighted by molar-refractivity contribution is -0.0768. The van der Waals surface area contributed by atoms with E-state index in [9.17, 15) is 18.0 Å². The Morgan fingerprint density at radius 1 is 1.60 bits per heavy atom. The summed E-state index contributed by atoms with van der Waals surface area (Å²) < 4.78 is 42.1. The third-order valence-electron chi connectivity index (χ3n) is 3.37. The molecule has 1 amide bonds. The molecule has 2 rings (SSSR count). The highest BCUT2D eigenvalue weighted by Crippen LogP contribution is 2.45. The molecule has 1 aromatic rings. The maximum absolute atomic E-state index is 13.8. The van der Waals surface area contributed by atoms with Gasteiger partial charge in [-0.3, -0.25) is 9.63 Å². The first kappa shape index (κ1) is 14.8. The highest BCUT2D eigenvalue weighted by atomic mass is 19.3. The van der Waals surface area contributed by atoms with Crippen LogP contribution in [0.3, 0.4) is 0 Å². The SMILES string of the molecule is CCC(F)(F)C1CC(F)c2nc(C(=O)N(C)OC)nn21. The van der Waals surface area contributed by atoms with Crippen molar-refractivity contribution in [1.29, 1.82) is 0 Å². The van der Waals surface area contributed by atoms with E-state index in [-0.39, 0.29) is 18.1 Å². The van der Waals surface area contributed by atoms with Gasteiger partial charge in [0.25, 0.3) is 5.92 Å². The Kier molecular flexibility index (Phi) is 3.72. The van der Waals surface area contributed by atoms with Gasteiger partial charge < -0.3 is 0 Å². The van der Waals surface area contributed by atoms with Crippen molar-refractivity contribution < 1.29 is 22.8 Å². The minimum absolute atomic E-state index is 0.240. The summed E-state index contributed by atoms with van der Waals surface area (Å²) >= 11 is 0. The summed E-state index contributed by atoms with van der Waals surface area (Å²) in [5.74, 6) is -4.42. The van der Waals surface area contributed by atoms with Crippen LogP contribution in [0, 0.1) is 0 Å². The summed E-state index contributed by atoms with van der Waals surface area (Å²) in [6, 6.07) is -1.42. The van der Waals surface area contributed by atoms with Crippen molar-refractivity contribution in [2.75, 3.05) is 14.2 Å². The topological polar surface area (TPSA) is 60.3 Å². The Bertz CT molecular complexity index is 520. The number of hydrogen-bond acceptors (Lipinski definition) is 4. The van der Waals surface area contributed by atoms with E-state index in [2.05, 4.69) is 14.9 Å². The molecule has 20 heavy (non-hydrogen) atoms. The molecule has 0 spiro atoms. The zero-order chi connectivity index (χ0) is 15.1. The molecule has 6 nitrogen and oxygen atoms in total. The lowest BCUT2D eigenvalue weighted by atomic mass is 10.1. The predicted octanol–water partition coefficient (Wildman–Crippen LogP) is 1.91. The van der Waals surface area contributed by atoms with Crippen LogP contribution in [0.4, 0.5) is 13.2 Å². The largest absolute Gasteiger partial charge is 0.316 e. The average Bonchev–Trinajstić information content (AvgIpc) is 2.98. The number of amides is 1. The van der Waals surface area contributed by atoms with Crippen molar-refractivity contribution in [3.63, 3.8) is 0 Å². The quantitative estimate of drug-likeness (QED) is 0.795.